The Morgan fingerprint density at radius 1 is 1.03 bits per heavy atom. The van der Waals surface area contributed by atoms with Crippen LogP contribution in [0.25, 0.3) is 5.76 Å². The molecule has 7 heteroatoms. The molecule has 2 heterocycles. The third kappa shape index (κ3) is 3.77. The van der Waals surface area contributed by atoms with Gasteiger partial charge in [0.15, 0.2) is 0 Å². The molecule has 7 nitrogen and oxygen atoms in total. The first-order chi connectivity index (χ1) is 17.3. The number of Topliss-reactive ketones (excluding diaryl/α,β-unsaturated/α-hetero) is 1. The van der Waals surface area contributed by atoms with Crippen molar-refractivity contribution in [2.45, 2.75) is 19.9 Å². The molecule has 36 heavy (non-hydrogen) atoms. The Morgan fingerprint density at radius 3 is 2.56 bits per heavy atom. The van der Waals surface area contributed by atoms with Crippen LogP contribution in [0.4, 0.5) is 11.4 Å². The number of carbonyl (C=O) groups excluding carboxylic acids is 2. The Morgan fingerprint density at radius 2 is 1.81 bits per heavy atom. The summed E-state index contributed by atoms with van der Waals surface area (Å²) in [6.45, 7) is 5.22. The predicted octanol–water partition coefficient (Wildman–Crippen LogP) is 4.77. The fraction of sp³-hybridized carbons (Fsp3) is 0.241. The SMILES string of the molecule is COc1ccccc1C1/C(=C(\O)c2ccc3c(c2)N(C)CCO3)C(=O)C(=O)N1c1ccc(C)c(C)c1. The van der Waals surface area contributed by atoms with E-state index in [0.29, 0.717) is 41.5 Å². The number of fused-ring (bicyclic) bond motifs is 1. The summed E-state index contributed by atoms with van der Waals surface area (Å²) in [5.41, 5.74) is 4.51. The maximum absolute atomic E-state index is 13.5. The van der Waals surface area contributed by atoms with Gasteiger partial charge in [0.05, 0.1) is 31.0 Å². The number of hydrogen-bond acceptors (Lipinski definition) is 6. The number of aryl methyl sites for hydroxylation is 2. The normalized spacial score (nSPS) is 18.7. The average molecular weight is 485 g/mol. The van der Waals surface area contributed by atoms with Crippen molar-refractivity contribution in [1.82, 2.24) is 0 Å². The summed E-state index contributed by atoms with van der Waals surface area (Å²) in [5.74, 6) is -0.463. The molecule has 184 valence electrons. The van der Waals surface area contributed by atoms with Crippen molar-refractivity contribution in [3.63, 3.8) is 0 Å². The fourth-order valence-electron chi connectivity index (χ4n) is 4.81. The van der Waals surface area contributed by atoms with E-state index in [1.54, 1.807) is 31.4 Å². The monoisotopic (exact) mass is 484 g/mol. The second kappa shape index (κ2) is 9.07. The number of carbonyl (C=O) groups is 2. The highest BCUT2D eigenvalue weighted by Gasteiger charge is 2.48. The number of ketones is 1. The molecule has 1 unspecified atom stereocenters. The summed E-state index contributed by atoms with van der Waals surface area (Å²) < 4.78 is 11.3. The molecule has 2 aliphatic rings. The minimum Gasteiger partial charge on any atom is -0.507 e. The Hall–Kier alpha value is -4.26. The van der Waals surface area contributed by atoms with E-state index < -0.39 is 17.7 Å². The van der Waals surface area contributed by atoms with Crippen molar-refractivity contribution in [2.24, 2.45) is 0 Å². The lowest BCUT2D eigenvalue weighted by Crippen LogP contribution is -2.29. The van der Waals surface area contributed by atoms with E-state index in [1.807, 2.05) is 62.2 Å². The minimum atomic E-state index is -0.867. The van der Waals surface area contributed by atoms with Gasteiger partial charge in [0, 0.05) is 23.9 Å². The Kier molecular flexibility index (Phi) is 5.92. The van der Waals surface area contributed by atoms with E-state index in [0.717, 1.165) is 16.8 Å². The second-order valence-electron chi connectivity index (χ2n) is 9.13. The van der Waals surface area contributed by atoms with Crippen molar-refractivity contribution < 1.29 is 24.2 Å². The van der Waals surface area contributed by atoms with Crippen LogP contribution in [0.2, 0.25) is 0 Å². The molecule has 0 aliphatic carbocycles. The lowest BCUT2D eigenvalue weighted by molar-refractivity contribution is -0.132. The first-order valence-electron chi connectivity index (χ1n) is 11.8. The molecular formula is C29H28N2O5. The molecule has 3 aromatic rings. The van der Waals surface area contributed by atoms with Crippen molar-refractivity contribution >= 4 is 28.8 Å². The fourth-order valence-corrected chi connectivity index (χ4v) is 4.81. The smallest absolute Gasteiger partial charge is 0.300 e. The number of hydrogen-bond donors (Lipinski definition) is 1. The van der Waals surface area contributed by atoms with Crippen molar-refractivity contribution in [3.05, 3.63) is 88.5 Å². The molecule has 1 amide bonds. The lowest BCUT2D eigenvalue weighted by Gasteiger charge is -2.28. The quantitative estimate of drug-likeness (QED) is 0.327. The zero-order valence-electron chi connectivity index (χ0n) is 20.7. The highest BCUT2D eigenvalue weighted by atomic mass is 16.5. The van der Waals surface area contributed by atoms with Gasteiger partial charge < -0.3 is 19.5 Å². The summed E-state index contributed by atoms with van der Waals surface area (Å²) in [6.07, 6.45) is 0. The molecular weight excluding hydrogens is 456 g/mol. The first-order valence-corrected chi connectivity index (χ1v) is 11.8. The molecule has 2 aliphatic heterocycles. The number of ether oxygens (including phenoxy) is 2. The average Bonchev–Trinajstić information content (AvgIpc) is 3.15. The van der Waals surface area contributed by atoms with Gasteiger partial charge in [-0.25, -0.2) is 0 Å². The van der Waals surface area contributed by atoms with Crippen LogP contribution in [-0.2, 0) is 9.59 Å². The topological polar surface area (TPSA) is 79.3 Å². The molecule has 5 rings (SSSR count). The summed E-state index contributed by atoms with van der Waals surface area (Å²) >= 11 is 0. The van der Waals surface area contributed by atoms with Crippen LogP contribution in [0.1, 0.15) is 28.3 Å². The van der Waals surface area contributed by atoms with Crippen LogP contribution in [0, 0.1) is 13.8 Å². The molecule has 0 spiro atoms. The summed E-state index contributed by atoms with van der Waals surface area (Å²) in [6, 6.07) is 17.3. The first kappa shape index (κ1) is 23.5. The van der Waals surface area contributed by atoms with Gasteiger partial charge in [-0.15, -0.1) is 0 Å². The molecule has 0 aromatic heterocycles. The van der Waals surface area contributed by atoms with E-state index >= 15 is 0 Å². The molecule has 1 atom stereocenters. The van der Waals surface area contributed by atoms with Gasteiger partial charge in [-0.3, -0.25) is 14.5 Å². The minimum absolute atomic E-state index is 0.0158. The van der Waals surface area contributed by atoms with Crippen molar-refractivity contribution in [2.75, 3.05) is 37.1 Å². The van der Waals surface area contributed by atoms with Gasteiger partial charge >= 0.3 is 0 Å². The number of nitrogens with zero attached hydrogens (tertiary/aromatic N) is 2. The van der Waals surface area contributed by atoms with Crippen LogP contribution in [0.3, 0.4) is 0 Å². The third-order valence-electron chi connectivity index (χ3n) is 6.97. The number of aliphatic hydroxyl groups excluding tert-OH is 1. The number of amides is 1. The lowest BCUT2D eigenvalue weighted by atomic mass is 9.94. The van der Waals surface area contributed by atoms with E-state index in [1.165, 1.54) is 4.90 Å². The number of aliphatic hydroxyl groups is 1. The largest absolute Gasteiger partial charge is 0.507 e. The summed E-state index contributed by atoms with van der Waals surface area (Å²) in [7, 11) is 3.49. The zero-order chi connectivity index (χ0) is 25.6. The van der Waals surface area contributed by atoms with Gasteiger partial charge in [0.2, 0.25) is 0 Å². The maximum Gasteiger partial charge on any atom is 0.300 e. The number of para-hydroxylation sites is 1. The Bertz CT molecular complexity index is 1410. The Balaban J connectivity index is 1.73. The van der Waals surface area contributed by atoms with Crippen LogP contribution in [0.5, 0.6) is 11.5 Å². The van der Waals surface area contributed by atoms with Gasteiger partial charge in [-0.2, -0.15) is 0 Å². The molecule has 3 aromatic carbocycles. The highest BCUT2D eigenvalue weighted by molar-refractivity contribution is 6.51. The standard InChI is InChI=1S/C29H28N2O5/c1-17-9-11-20(15-18(17)2)31-26(21-7-5-6-8-23(21)35-4)25(28(33)29(31)34)27(32)19-10-12-24-22(16-19)30(3)13-14-36-24/h5-12,15-16,26,32H,13-14H2,1-4H3/b27-25+. The number of likely N-dealkylation sites (N-methyl/N-ethyl adjacent to an activating group) is 1. The van der Waals surface area contributed by atoms with Crippen LogP contribution in [0.15, 0.2) is 66.2 Å². The van der Waals surface area contributed by atoms with Crippen molar-refractivity contribution in [3.8, 4) is 11.5 Å². The second-order valence-corrected chi connectivity index (χ2v) is 9.13. The van der Waals surface area contributed by atoms with Crippen molar-refractivity contribution in [1.29, 1.82) is 0 Å². The molecule has 0 bridgehead atoms. The molecule has 1 fully saturated rings. The van der Waals surface area contributed by atoms with Crippen LogP contribution in [-0.4, -0.2) is 44.1 Å². The van der Waals surface area contributed by atoms with Gasteiger partial charge in [-0.05, 0) is 61.4 Å². The van der Waals surface area contributed by atoms with E-state index in [4.69, 9.17) is 9.47 Å². The number of methoxy groups -OCH3 is 1. The predicted molar refractivity (Wildman–Crippen MR) is 139 cm³/mol. The third-order valence-corrected chi connectivity index (χ3v) is 6.97. The zero-order valence-corrected chi connectivity index (χ0v) is 20.7. The van der Waals surface area contributed by atoms with Gasteiger partial charge in [0.25, 0.3) is 11.7 Å². The number of anilines is 2. The van der Waals surface area contributed by atoms with E-state index in [9.17, 15) is 14.7 Å². The Labute approximate surface area is 210 Å². The van der Waals surface area contributed by atoms with Gasteiger partial charge in [-0.1, -0.05) is 24.3 Å². The number of rotatable bonds is 4. The molecule has 1 saturated heterocycles. The summed E-state index contributed by atoms with van der Waals surface area (Å²) in [4.78, 5) is 30.5. The van der Waals surface area contributed by atoms with Crippen LogP contribution >= 0.6 is 0 Å². The highest BCUT2D eigenvalue weighted by Crippen LogP contribution is 2.45. The van der Waals surface area contributed by atoms with Gasteiger partial charge in [0.1, 0.15) is 23.9 Å². The maximum atomic E-state index is 13.5. The molecule has 0 saturated carbocycles. The summed E-state index contributed by atoms with van der Waals surface area (Å²) in [5, 5.41) is 11.5. The number of benzene rings is 3. The van der Waals surface area contributed by atoms with E-state index in [2.05, 4.69) is 0 Å². The molecule has 0 radical (unpaired) electrons. The molecule has 1 N–H and O–H groups in total. The van der Waals surface area contributed by atoms with Crippen LogP contribution < -0.4 is 19.3 Å². The van der Waals surface area contributed by atoms with E-state index in [-0.39, 0.29) is 11.3 Å².